The molecule has 7 heteroatoms. The van der Waals surface area contributed by atoms with Gasteiger partial charge in [-0.2, -0.15) is 5.10 Å². The second kappa shape index (κ2) is 7.08. The number of benzene rings is 1. The van der Waals surface area contributed by atoms with Crippen LogP contribution in [0.25, 0.3) is 5.69 Å². The molecule has 0 atom stereocenters. The molecule has 2 aromatic heterocycles. The summed E-state index contributed by atoms with van der Waals surface area (Å²) in [6.07, 6.45) is 1.84. The molecule has 0 bridgehead atoms. The molecule has 1 saturated carbocycles. The number of aryl methyl sites for hydroxylation is 1. The van der Waals surface area contributed by atoms with E-state index < -0.39 is 17.2 Å². The molecule has 4 rings (SSSR count). The number of hydrogen-bond acceptors (Lipinski definition) is 4. The number of hydrogen-bond donors (Lipinski definition) is 0. The zero-order valence-electron chi connectivity index (χ0n) is 14.8. The van der Waals surface area contributed by atoms with Crippen LogP contribution in [0.2, 0.25) is 0 Å². The minimum absolute atomic E-state index is 0.129. The van der Waals surface area contributed by atoms with E-state index in [1.54, 1.807) is 41.4 Å². The molecular formula is C20H18FN3O2S. The first-order chi connectivity index (χ1) is 13.0. The van der Waals surface area contributed by atoms with E-state index in [-0.39, 0.29) is 17.4 Å². The number of rotatable bonds is 5. The normalized spacial score (nSPS) is 13.6. The summed E-state index contributed by atoms with van der Waals surface area (Å²) in [4.78, 5) is 28.4. The van der Waals surface area contributed by atoms with Gasteiger partial charge in [0.15, 0.2) is 5.69 Å². The zero-order valence-corrected chi connectivity index (χ0v) is 15.6. The monoisotopic (exact) mass is 383 g/mol. The van der Waals surface area contributed by atoms with Crippen LogP contribution in [-0.2, 0) is 6.54 Å². The quantitative estimate of drug-likeness (QED) is 0.677. The Hall–Kier alpha value is -2.80. The summed E-state index contributed by atoms with van der Waals surface area (Å²) >= 11 is 1.57. The largest absolute Gasteiger partial charge is 0.329 e. The molecule has 5 nitrogen and oxygen atoms in total. The number of halogens is 1. The first-order valence-electron chi connectivity index (χ1n) is 8.74. The highest BCUT2D eigenvalue weighted by Gasteiger charge is 2.35. The Labute approximate surface area is 159 Å². The van der Waals surface area contributed by atoms with Crippen LogP contribution in [0, 0.1) is 12.7 Å². The van der Waals surface area contributed by atoms with E-state index in [4.69, 9.17) is 0 Å². The molecule has 0 radical (unpaired) electrons. The van der Waals surface area contributed by atoms with Gasteiger partial charge in [0.2, 0.25) is 5.43 Å². The van der Waals surface area contributed by atoms with Crippen LogP contribution < -0.4 is 5.43 Å². The highest BCUT2D eigenvalue weighted by Crippen LogP contribution is 2.30. The number of carbonyl (C=O) groups excluding carboxylic acids is 1. The Morgan fingerprint density at radius 1 is 1.30 bits per heavy atom. The van der Waals surface area contributed by atoms with Crippen LogP contribution >= 0.6 is 11.3 Å². The van der Waals surface area contributed by atoms with Crippen LogP contribution in [0.4, 0.5) is 4.39 Å². The Morgan fingerprint density at radius 2 is 2.07 bits per heavy atom. The summed E-state index contributed by atoms with van der Waals surface area (Å²) < 4.78 is 15.5. The molecule has 2 heterocycles. The molecule has 138 valence electrons. The SMILES string of the molecule is Cc1cc(=O)c(C(=O)N(Cc2cccs2)C2CC2)nn1-c1ccccc1F. The molecule has 0 aliphatic heterocycles. The van der Waals surface area contributed by atoms with Crippen LogP contribution in [0.1, 0.15) is 33.9 Å². The predicted octanol–water partition coefficient (Wildman–Crippen LogP) is 3.55. The predicted molar refractivity (Wildman–Crippen MR) is 102 cm³/mol. The van der Waals surface area contributed by atoms with Crippen molar-refractivity contribution >= 4 is 17.2 Å². The van der Waals surface area contributed by atoms with E-state index in [0.29, 0.717) is 12.2 Å². The van der Waals surface area contributed by atoms with Gasteiger partial charge in [-0.05, 0) is 43.3 Å². The minimum atomic E-state index is -0.465. The summed E-state index contributed by atoms with van der Waals surface area (Å²) in [5, 5.41) is 6.20. The number of nitrogens with zero attached hydrogens (tertiary/aromatic N) is 3. The van der Waals surface area contributed by atoms with E-state index in [1.807, 2.05) is 17.5 Å². The molecule has 3 aromatic rings. The molecule has 1 aromatic carbocycles. The smallest absolute Gasteiger partial charge is 0.278 e. The molecule has 0 spiro atoms. The van der Waals surface area contributed by atoms with Crippen molar-refractivity contribution in [2.24, 2.45) is 0 Å². The lowest BCUT2D eigenvalue weighted by atomic mass is 10.2. The number of aromatic nitrogens is 2. The maximum Gasteiger partial charge on any atom is 0.278 e. The van der Waals surface area contributed by atoms with Crippen LogP contribution in [0.3, 0.4) is 0 Å². The lowest BCUT2D eigenvalue weighted by molar-refractivity contribution is 0.0722. The minimum Gasteiger partial charge on any atom is -0.329 e. The fraction of sp³-hybridized carbons (Fsp3) is 0.250. The van der Waals surface area contributed by atoms with Gasteiger partial charge in [0.1, 0.15) is 11.5 Å². The third-order valence-corrected chi connectivity index (χ3v) is 5.41. The lowest BCUT2D eigenvalue weighted by Gasteiger charge is -2.21. The average Bonchev–Trinajstić information content (AvgIpc) is 3.36. The van der Waals surface area contributed by atoms with Gasteiger partial charge in [-0.15, -0.1) is 11.3 Å². The standard InChI is InChI=1S/C20H18FN3O2S/c1-13-11-18(25)19(22-24(13)17-7-3-2-6-16(17)21)20(26)23(14-8-9-14)12-15-5-4-10-27-15/h2-7,10-11,14H,8-9,12H2,1H3. The van der Waals surface area contributed by atoms with Gasteiger partial charge in [0, 0.05) is 22.7 Å². The van der Waals surface area contributed by atoms with E-state index >= 15 is 0 Å². The van der Waals surface area contributed by atoms with Crippen LogP contribution in [0.15, 0.2) is 52.6 Å². The first-order valence-corrected chi connectivity index (χ1v) is 9.62. The van der Waals surface area contributed by atoms with Crippen molar-refractivity contribution < 1.29 is 9.18 Å². The number of thiophene rings is 1. The number of para-hydroxylation sites is 1. The maximum atomic E-state index is 14.2. The van der Waals surface area contributed by atoms with Gasteiger partial charge < -0.3 is 4.90 Å². The van der Waals surface area contributed by atoms with Gasteiger partial charge in [-0.1, -0.05) is 18.2 Å². The fourth-order valence-electron chi connectivity index (χ4n) is 3.02. The molecule has 1 aliphatic carbocycles. The van der Waals surface area contributed by atoms with Crippen molar-refractivity contribution in [2.45, 2.75) is 32.4 Å². The Morgan fingerprint density at radius 3 is 2.74 bits per heavy atom. The average molecular weight is 383 g/mol. The van der Waals surface area contributed by atoms with Crippen molar-refractivity contribution in [1.29, 1.82) is 0 Å². The van der Waals surface area contributed by atoms with E-state index in [0.717, 1.165) is 17.7 Å². The maximum absolute atomic E-state index is 14.2. The molecule has 1 fully saturated rings. The van der Waals surface area contributed by atoms with Crippen molar-refractivity contribution in [3.8, 4) is 5.69 Å². The van der Waals surface area contributed by atoms with Gasteiger partial charge in [-0.3, -0.25) is 9.59 Å². The highest BCUT2D eigenvalue weighted by molar-refractivity contribution is 7.09. The first kappa shape index (κ1) is 17.6. The third kappa shape index (κ3) is 3.55. The Kier molecular flexibility index (Phi) is 4.61. The molecule has 1 amide bonds. The Bertz CT molecular complexity index is 1040. The molecule has 27 heavy (non-hydrogen) atoms. The highest BCUT2D eigenvalue weighted by atomic mass is 32.1. The summed E-state index contributed by atoms with van der Waals surface area (Å²) in [5.74, 6) is -0.867. The summed E-state index contributed by atoms with van der Waals surface area (Å²) in [6.45, 7) is 2.12. The molecule has 0 saturated heterocycles. The number of amides is 1. The number of carbonyl (C=O) groups is 1. The van der Waals surface area contributed by atoms with Crippen molar-refractivity contribution in [2.75, 3.05) is 0 Å². The molecule has 0 N–H and O–H groups in total. The molecular weight excluding hydrogens is 365 g/mol. The molecule has 1 aliphatic rings. The summed E-state index contributed by atoms with van der Waals surface area (Å²) in [5.41, 5.74) is 0.0624. The van der Waals surface area contributed by atoms with E-state index in [9.17, 15) is 14.0 Å². The molecule has 0 unspecified atom stereocenters. The van der Waals surface area contributed by atoms with Gasteiger partial charge >= 0.3 is 0 Å². The van der Waals surface area contributed by atoms with Gasteiger partial charge in [-0.25, -0.2) is 9.07 Å². The fourth-order valence-corrected chi connectivity index (χ4v) is 3.72. The summed E-state index contributed by atoms with van der Waals surface area (Å²) in [6, 6.07) is 11.5. The van der Waals surface area contributed by atoms with E-state index in [1.165, 1.54) is 16.8 Å². The summed E-state index contributed by atoms with van der Waals surface area (Å²) in [7, 11) is 0. The lowest BCUT2D eigenvalue weighted by Crippen LogP contribution is -2.37. The second-order valence-electron chi connectivity index (χ2n) is 6.61. The van der Waals surface area contributed by atoms with Gasteiger partial charge in [0.25, 0.3) is 5.91 Å². The topological polar surface area (TPSA) is 55.2 Å². The van der Waals surface area contributed by atoms with Crippen molar-refractivity contribution in [1.82, 2.24) is 14.7 Å². The van der Waals surface area contributed by atoms with Crippen LogP contribution in [0.5, 0.6) is 0 Å². The Balaban J connectivity index is 1.74. The van der Waals surface area contributed by atoms with Crippen molar-refractivity contribution in [3.63, 3.8) is 0 Å². The third-order valence-electron chi connectivity index (χ3n) is 4.55. The van der Waals surface area contributed by atoms with Crippen molar-refractivity contribution in [3.05, 3.63) is 80.2 Å². The zero-order chi connectivity index (χ0) is 19.0. The van der Waals surface area contributed by atoms with Crippen LogP contribution in [-0.4, -0.2) is 26.6 Å². The van der Waals surface area contributed by atoms with Gasteiger partial charge in [0.05, 0.1) is 6.54 Å². The van der Waals surface area contributed by atoms with E-state index in [2.05, 4.69) is 5.10 Å². The second-order valence-corrected chi connectivity index (χ2v) is 7.64.